The predicted octanol–water partition coefficient (Wildman–Crippen LogP) is 1.38. The minimum Gasteiger partial charge on any atom is -0.395 e. The summed E-state index contributed by atoms with van der Waals surface area (Å²) >= 11 is 0. The van der Waals surface area contributed by atoms with Gasteiger partial charge in [-0.25, -0.2) is 0 Å². The van der Waals surface area contributed by atoms with Gasteiger partial charge in [0, 0.05) is 12.6 Å². The minimum absolute atomic E-state index is 0.234. The average Bonchev–Trinajstić information content (AvgIpc) is 2.62. The first-order chi connectivity index (χ1) is 6.59. The summed E-state index contributed by atoms with van der Waals surface area (Å²) in [4.78, 5) is 2.30. The van der Waals surface area contributed by atoms with Gasteiger partial charge in [0.25, 0.3) is 0 Å². The van der Waals surface area contributed by atoms with E-state index in [1.54, 1.807) is 0 Å². The Labute approximate surface area is 86.3 Å². The van der Waals surface area contributed by atoms with Crippen LogP contribution in [0.1, 0.15) is 33.1 Å². The molecule has 0 aliphatic carbocycles. The molecular weight excluding hydrogens is 176 g/mol. The second-order valence-corrected chi connectivity index (χ2v) is 4.76. The first kappa shape index (κ1) is 11.5. The van der Waals surface area contributed by atoms with Crippen molar-refractivity contribution in [2.75, 3.05) is 19.7 Å². The Morgan fingerprint density at radius 2 is 2.29 bits per heavy atom. The van der Waals surface area contributed by atoms with Gasteiger partial charge in [-0.15, -0.1) is 0 Å². The fourth-order valence-corrected chi connectivity index (χ4v) is 1.88. The Bertz CT molecular complexity index is 220. The van der Waals surface area contributed by atoms with E-state index in [2.05, 4.69) is 11.0 Å². The van der Waals surface area contributed by atoms with Crippen LogP contribution in [-0.2, 0) is 0 Å². The summed E-state index contributed by atoms with van der Waals surface area (Å²) in [5.41, 5.74) is -0.234. The molecule has 0 spiro atoms. The zero-order valence-corrected chi connectivity index (χ0v) is 9.16. The monoisotopic (exact) mass is 196 g/mol. The summed E-state index contributed by atoms with van der Waals surface area (Å²) in [5.74, 6) is 0. The van der Waals surface area contributed by atoms with Crippen molar-refractivity contribution in [3.63, 3.8) is 0 Å². The van der Waals surface area contributed by atoms with Crippen molar-refractivity contribution in [3.8, 4) is 6.07 Å². The van der Waals surface area contributed by atoms with Crippen LogP contribution in [0.5, 0.6) is 0 Å². The average molecular weight is 196 g/mol. The van der Waals surface area contributed by atoms with E-state index < -0.39 is 0 Å². The molecule has 0 aromatic heterocycles. The quantitative estimate of drug-likeness (QED) is 0.739. The van der Waals surface area contributed by atoms with Gasteiger partial charge in [-0.05, 0) is 39.7 Å². The maximum absolute atomic E-state index is 9.12. The Kier molecular flexibility index (Phi) is 3.91. The number of rotatable bonds is 4. The normalized spacial score (nSPS) is 23.7. The van der Waals surface area contributed by atoms with Gasteiger partial charge in [-0.1, -0.05) is 0 Å². The number of hydrogen-bond acceptors (Lipinski definition) is 3. The van der Waals surface area contributed by atoms with E-state index in [1.807, 2.05) is 13.8 Å². The maximum Gasteiger partial charge on any atom is 0.0684 e. The number of nitriles is 1. The topological polar surface area (TPSA) is 47.3 Å². The predicted molar refractivity (Wildman–Crippen MR) is 55.7 cm³/mol. The van der Waals surface area contributed by atoms with Crippen LogP contribution in [0.4, 0.5) is 0 Å². The summed E-state index contributed by atoms with van der Waals surface area (Å²) in [6, 6.07) is 2.65. The van der Waals surface area contributed by atoms with Gasteiger partial charge in [0.05, 0.1) is 18.1 Å². The zero-order valence-electron chi connectivity index (χ0n) is 9.16. The van der Waals surface area contributed by atoms with Crippen molar-refractivity contribution < 1.29 is 5.11 Å². The lowest BCUT2D eigenvalue weighted by atomic mass is 9.91. The lowest BCUT2D eigenvalue weighted by Gasteiger charge is -2.25. The Balaban J connectivity index is 2.35. The van der Waals surface area contributed by atoms with Gasteiger partial charge < -0.3 is 5.11 Å². The van der Waals surface area contributed by atoms with Crippen LogP contribution < -0.4 is 0 Å². The molecule has 0 aromatic rings. The number of nitrogens with zero attached hydrogens (tertiary/aromatic N) is 2. The van der Waals surface area contributed by atoms with Gasteiger partial charge >= 0.3 is 0 Å². The molecule has 3 nitrogen and oxygen atoms in total. The Morgan fingerprint density at radius 3 is 2.86 bits per heavy atom. The molecule has 0 radical (unpaired) electrons. The van der Waals surface area contributed by atoms with Gasteiger partial charge in [-0.3, -0.25) is 4.90 Å². The van der Waals surface area contributed by atoms with Crippen molar-refractivity contribution in [1.29, 1.82) is 5.26 Å². The highest BCUT2D eigenvalue weighted by molar-refractivity contribution is 4.93. The molecule has 1 heterocycles. The zero-order chi connectivity index (χ0) is 10.6. The molecule has 1 saturated heterocycles. The van der Waals surface area contributed by atoms with Crippen LogP contribution in [0.3, 0.4) is 0 Å². The molecule has 0 amide bonds. The molecule has 1 aliphatic rings. The Morgan fingerprint density at radius 1 is 1.57 bits per heavy atom. The van der Waals surface area contributed by atoms with Crippen molar-refractivity contribution in [2.24, 2.45) is 5.41 Å². The molecule has 3 heteroatoms. The molecule has 0 unspecified atom stereocenters. The molecule has 14 heavy (non-hydrogen) atoms. The van der Waals surface area contributed by atoms with Crippen molar-refractivity contribution >= 4 is 0 Å². The van der Waals surface area contributed by atoms with E-state index in [4.69, 9.17) is 10.4 Å². The van der Waals surface area contributed by atoms with Gasteiger partial charge in [-0.2, -0.15) is 5.26 Å². The molecule has 80 valence electrons. The minimum atomic E-state index is -0.234. The third kappa shape index (κ3) is 2.97. The van der Waals surface area contributed by atoms with Crippen LogP contribution in [0.15, 0.2) is 0 Å². The SMILES string of the molecule is CC(C)(C#N)CCN1CCC[C@H]1CO. The molecule has 1 N–H and O–H groups in total. The highest BCUT2D eigenvalue weighted by Gasteiger charge is 2.26. The highest BCUT2D eigenvalue weighted by atomic mass is 16.3. The summed E-state index contributed by atoms with van der Waals surface area (Å²) in [7, 11) is 0. The lowest BCUT2D eigenvalue weighted by Crippen LogP contribution is -2.34. The molecule has 0 saturated carbocycles. The molecule has 1 rings (SSSR count). The largest absolute Gasteiger partial charge is 0.395 e. The maximum atomic E-state index is 9.12. The van der Waals surface area contributed by atoms with Gasteiger partial charge in [0.2, 0.25) is 0 Å². The van der Waals surface area contributed by atoms with Crippen LogP contribution >= 0.6 is 0 Å². The third-order valence-electron chi connectivity index (χ3n) is 3.04. The molecular formula is C11H20N2O. The molecule has 1 fully saturated rings. The molecule has 0 aromatic carbocycles. The summed E-state index contributed by atoms with van der Waals surface area (Å²) in [6.07, 6.45) is 3.17. The van der Waals surface area contributed by atoms with E-state index in [1.165, 1.54) is 6.42 Å². The summed E-state index contributed by atoms with van der Waals surface area (Å²) in [5, 5.41) is 18.0. The number of hydrogen-bond donors (Lipinski definition) is 1. The lowest BCUT2D eigenvalue weighted by molar-refractivity contribution is 0.149. The number of aliphatic hydroxyl groups excluding tert-OH is 1. The van der Waals surface area contributed by atoms with E-state index in [9.17, 15) is 0 Å². The first-order valence-electron chi connectivity index (χ1n) is 5.35. The van der Waals surface area contributed by atoms with Crippen LogP contribution in [0.2, 0.25) is 0 Å². The van der Waals surface area contributed by atoms with Gasteiger partial charge in [0.15, 0.2) is 0 Å². The van der Waals surface area contributed by atoms with Crippen LogP contribution in [-0.4, -0.2) is 35.7 Å². The molecule has 1 aliphatic heterocycles. The van der Waals surface area contributed by atoms with Crippen molar-refractivity contribution in [3.05, 3.63) is 0 Å². The third-order valence-corrected chi connectivity index (χ3v) is 3.04. The smallest absolute Gasteiger partial charge is 0.0684 e. The standard InChI is InChI=1S/C11H20N2O/c1-11(2,9-12)5-7-13-6-3-4-10(13)8-14/h10,14H,3-8H2,1-2H3/t10-/m0/s1. The van der Waals surface area contributed by atoms with Crippen LogP contribution in [0, 0.1) is 16.7 Å². The van der Waals surface area contributed by atoms with E-state index in [0.717, 1.165) is 25.9 Å². The summed E-state index contributed by atoms with van der Waals surface area (Å²) in [6.45, 7) is 6.21. The first-order valence-corrected chi connectivity index (χ1v) is 5.35. The molecule has 0 bridgehead atoms. The summed E-state index contributed by atoms with van der Waals surface area (Å²) < 4.78 is 0. The van der Waals surface area contributed by atoms with Gasteiger partial charge in [0.1, 0.15) is 0 Å². The number of aliphatic hydroxyl groups is 1. The second kappa shape index (κ2) is 4.77. The van der Waals surface area contributed by atoms with E-state index in [-0.39, 0.29) is 12.0 Å². The van der Waals surface area contributed by atoms with Crippen molar-refractivity contribution in [1.82, 2.24) is 4.90 Å². The van der Waals surface area contributed by atoms with Crippen LogP contribution in [0.25, 0.3) is 0 Å². The Hall–Kier alpha value is -0.590. The molecule has 1 atom stereocenters. The van der Waals surface area contributed by atoms with E-state index >= 15 is 0 Å². The van der Waals surface area contributed by atoms with Crippen molar-refractivity contribution in [2.45, 2.75) is 39.2 Å². The second-order valence-electron chi connectivity index (χ2n) is 4.76. The highest BCUT2D eigenvalue weighted by Crippen LogP contribution is 2.23. The number of likely N-dealkylation sites (tertiary alicyclic amines) is 1. The fourth-order valence-electron chi connectivity index (χ4n) is 1.88. The van der Waals surface area contributed by atoms with E-state index in [0.29, 0.717) is 6.04 Å². The fraction of sp³-hybridized carbons (Fsp3) is 0.909.